The highest BCUT2D eigenvalue weighted by atomic mass is 16.5. The predicted molar refractivity (Wildman–Crippen MR) is 67.4 cm³/mol. The monoisotopic (exact) mass is 248 g/mol. The van der Waals surface area contributed by atoms with Crippen molar-refractivity contribution in [2.75, 3.05) is 0 Å². The summed E-state index contributed by atoms with van der Waals surface area (Å²) in [7, 11) is 0. The van der Waals surface area contributed by atoms with Gasteiger partial charge in [0.25, 0.3) is 0 Å². The van der Waals surface area contributed by atoms with Gasteiger partial charge in [0.15, 0.2) is 5.43 Å². The number of pyridine rings is 1. The lowest BCUT2D eigenvalue weighted by Gasteiger charge is -2.09. The molecule has 18 heavy (non-hydrogen) atoms. The average Bonchev–Trinajstić information content (AvgIpc) is 2.76. The van der Waals surface area contributed by atoms with Gasteiger partial charge in [0, 0.05) is 30.2 Å². The number of amides is 1. The van der Waals surface area contributed by atoms with Gasteiger partial charge in [-0.3, -0.25) is 9.59 Å². The highest BCUT2D eigenvalue weighted by molar-refractivity contribution is 5.77. The van der Waals surface area contributed by atoms with Gasteiger partial charge in [-0.25, -0.2) is 0 Å². The first-order valence-corrected chi connectivity index (χ1v) is 5.87. The van der Waals surface area contributed by atoms with Crippen LogP contribution in [0.15, 0.2) is 27.7 Å². The molecule has 0 aromatic carbocycles. The van der Waals surface area contributed by atoms with Gasteiger partial charge in [0.2, 0.25) is 5.91 Å². The summed E-state index contributed by atoms with van der Waals surface area (Å²) in [6, 6.07) is 3.23. The van der Waals surface area contributed by atoms with Crippen molar-refractivity contribution in [2.24, 2.45) is 5.92 Å². The molecule has 0 spiro atoms. The van der Waals surface area contributed by atoms with Crippen LogP contribution in [0.25, 0.3) is 5.52 Å². The van der Waals surface area contributed by atoms with Crippen LogP contribution in [0.1, 0.15) is 25.1 Å². The van der Waals surface area contributed by atoms with Gasteiger partial charge in [-0.15, -0.1) is 0 Å². The highest BCUT2D eigenvalue weighted by Gasteiger charge is 2.12. The summed E-state index contributed by atoms with van der Waals surface area (Å²) in [4.78, 5) is 23.4. The molecule has 0 aliphatic rings. The molecular weight excluding hydrogens is 232 g/mol. The molecular formula is C13H16N2O3. The van der Waals surface area contributed by atoms with E-state index in [1.54, 1.807) is 17.6 Å². The summed E-state index contributed by atoms with van der Waals surface area (Å²) >= 11 is 0. The molecule has 5 heteroatoms. The van der Waals surface area contributed by atoms with Crippen molar-refractivity contribution in [1.82, 2.24) is 9.89 Å². The molecule has 2 aromatic rings. The lowest BCUT2D eigenvalue weighted by Crippen LogP contribution is -2.30. The van der Waals surface area contributed by atoms with Gasteiger partial charge in [-0.2, -0.15) is 4.57 Å². The molecule has 5 nitrogen and oxygen atoms in total. The van der Waals surface area contributed by atoms with Gasteiger partial charge in [-0.05, 0) is 6.92 Å². The van der Waals surface area contributed by atoms with E-state index in [0.717, 1.165) is 5.52 Å². The third-order valence-electron chi connectivity index (χ3n) is 2.92. The van der Waals surface area contributed by atoms with E-state index in [4.69, 9.17) is 4.52 Å². The fourth-order valence-electron chi connectivity index (χ4n) is 1.79. The first-order valence-electron chi connectivity index (χ1n) is 5.87. The number of nitrogens with one attached hydrogen (secondary N) is 1. The van der Waals surface area contributed by atoms with E-state index >= 15 is 0 Å². The number of aryl methyl sites for hydroxylation is 1. The number of hydrogen-bond donors (Lipinski definition) is 1. The topological polar surface area (TPSA) is 63.7 Å². The highest BCUT2D eigenvalue weighted by Crippen LogP contribution is 2.09. The van der Waals surface area contributed by atoms with Crippen molar-refractivity contribution in [3.63, 3.8) is 0 Å². The SMILES string of the molecule is Cc1c(CNC(=O)C(C)C)c(=O)cc2ccon12. The van der Waals surface area contributed by atoms with E-state index in [1.165, 1.54) is 12.3 Å². The standard InChI is InChI=1S/C13H16N2O3/c1-8(2)13(17)14-7-11-9(3)15-10(4-5-18-15)6-12(11)16/h4-6,8H,7H2,1-3H3,(H,14,17). The van der Waals surface area contributed by atoms with E-state index in [-0.39, 0.29) is 23.8 Å². The second-order valence-corrected chi connectivity index (χ2v) is 4.57. The second kappa shape index (κ2) is 4.68. The minimum absolute atomic E-state index is 0.0710. The summed E-state index contributed by atoms with van der Waals surface area (Å²) in [6.07, 6.45) is 1.53. The van der Waals surface area contributed by atoms with Crippen LogP contribution >= 0.6 is 0 Å². The molecule has 1 N–H and O–H groups in total. The number of carbonyl (C=O) groups is 1. The number of rotatable bonds is 3. The second-order valence-electron chi connectivity index (χ2n) is 4.57. The molecule has 0 bridgehead atoms. The van der Waals surface area contributed by atoms with Crippen LogP contribution in [0.3, 0.4) is 0 Å². The Morgan fingerprint density at radius 2 is 2.22 bits per heavy atom. The van der Waals surface area contributed by atoms with Gasteiger partial charge >= 0.3 is 0 Å². The smallest absolute Gasteiger partial charge is 0.222 e. The van der Waals surface area contributed by atoms with Gasteiger partial charge in [0.1, 0.15) is 6.26 Å². The van der Waals surface area contributed by atoms with Gasteiger partial charge in [0.05, 0.1) is 11.2 Å². The molecule has 0 atom stereocenters. The molecule has 0 unspecified atom stereocenters. The van der Waals surface area contributed by atoms with Crippen LogP contribution in [0.5, 0.6) is 0 Å². The normalized spacial score (nSPS) is 11.1. The molecule has 0 saturated heterocycles. The number of fused-ring (bicyclic) bond motifs is 1. The van der Waals surface area contributed by atoms with E-state index in [1.807, 2.05) is 13.8 Å². The number of carbonyl (C=O) groups excluding carboxylic acids is 1. The number of aromatic nitrogens is 1. The Bertz CT molecular complexity index is 637. The zero-order valence-electron chi connectivity index (χ0n) is 10.7. The zero-order valence-corrected chi connectivity index (χ0v) is 10.7. The summed E-state index contributed by atoms with van der Waals surface area (Å²) in [5.41, 5.74) is 1.90. The van der Waals surface area contributed by atoms with Gasteiger partial charge < -0.3 is 9.84 Å². The largest absolute Gasteiger partial charge is 0.383 e. The van der Waals surface area contributed by atoms with Crippen LogP contribution in [0, 0.1) is 12.8 Å². The van der Waals surface area contributed by atoms with E-state index < -0.39 is 0 Å². The first-order chi connectivity index (χ1) is 8.50. The fraction of sp³-hybridized carbons (Fsp3) is 0.385. The molecule has 2 aromatic heterocycles. The van der Waals surface area contributed by atoms with Crippen LogP contribution in [-0.2, 0) is 11.3 Å². The molecule has 96 valence electrons. The predicted octanol–water partition coefficient (Wildman–Crippen LogP) is 1.47. The Balaban J connectivity index is 2.33. The average molecular weight is 248 g/mol. The quantitative estimate of drug-likeness (QED) is 0.894. The van der Waals surface area contributed by atoms with Crippen LogP contribution < -0.4 is 10.7 Å². The van der Waals surface area contributed by atoms with Crippen LogP contribution in [-0.4, -0.2) is 10.5 Å². The fourth-order valence-corrected chi connectivity index (χ4v) is 1.79. The Hall–Kier alpha value is -2.04. The minimum Gasteiger partial charge on any atom is -0.383 e. The zero-order chi connectivity index (χ0) is 13.3. The molecule has 1 amide bonds. The minimum atomic E-state index is -0.0968. The summed E-state index contributed by atoms with van der Waals surface area (Å²) in [5, 5.41) is 2.74. The van der Waals surface area contributed by atoms with Crippen molar-refractivity contribution < 1.29 is 9.32 Å². The molecule has 0 aliphatic carbocycles. The van der Waals surface area contributed by atoms with Crippen LogP contribution in [0.2, 0.25) is 0 Å². The molecule has 0 aliphatic heterocycles. The summed E-state index contributed by atoms with van der Waals surface area (Å²) in [5.74, 6) is -0.168. The summed E-state index contributed by atoms with van der Waals surface area (Å²) in [6.45, 7) is 5.65. The van der Waals surface area contributed by atoms with Crippen LogP contribution in [0.4, 0.5) is 0 Å². The Morgan fingerprint density at radius 1 is 1.50 bits per heavy atom. The maximum Gasteiger partial charge on any atom is 0.222 e. The molecule has 0 saturated carbocycles. The van der Waals surface area contributed by atoms with E-state index in [2.05, 4.69) is 5.32 Å². The maximum atomic E-state index is 11.9. The molecule has 0 radical (unpaired) electrons. The third-order valence-corrected chi connectivity index (χ3v) is 2.92. The lowest BCUT2D eigenvalue weighted by atomic mass is 10.1. The van der Waals surface area contributed by atoms with Crippen molar-refractivity contribution in [2.45, 2.75) is 27.3 Å². The first kappa shape index (κ1) is 12.4. The Kier molecular flexibility index (Phi) is 3.23. The summed E-state index contributed by atoms with van der Waals surface area (Å²) < 4.78 is 6.85. The third kappa shape index (κ3) is 2.16. The van der Waals surface area contributed by atoms with Gasteiger partial charge in [-0.1, -0.05) is 13.8 Å². The maximum absolute atomic E-state index is 11.9. The molecule has 2 rings (SSSR count). The van der Waals surface area contributed by atoms with E-state index in [0.29, 0.717) is 11.3 Å². The van der Waals surface area contributed by atoms with Crippen molar-refractivity contribution >= 4 is 11.4 Å². The lowest BCUT2D eigenvalue weighted by molar-refractivity contribution is -0.124. The number of nitrogens with zero attached hydrogens (tertiary/aromatic N) is 1. The number of hydrogen-bond acceptors (Lipinski definition) is 3. The van der Waals surface area contributed by atoms with Crippen molar-refractivity contribution in [3.05, 3.63) is 39.9 Å². The molecule has 0 fully saturated rings. The molecule has 2 heterocycles. The Morgan fingerprint density at radius 3 is 2.89 bits per heavy atom. The van der Waals surface area contributed by atoms with E-state index in [9.17, 15) is 9.59 Å². The van der Waals surface area contributed by atoms with Crippen molar-refractivity contribution in [3.8, 4) is 0 Å². The Labute approximate surface area is 104 Å². The van der Waals surface area contributed by atoms with Crippen molar-refractivity contribution in [1.29, 1.82) is 0 Å².